The van der Waals surface area contributed by atoms with E-state index in [2.05, 4.69) is 10.6 Å². The monoisotopic (exact) mass is 340 g/mol. The first-order valence-electron chi connectivity index (χ1n) is 8.15. The highest BCUT2D eigenvalue weighted by Crippen LogP contribution is 2.30. The summed E-state index contributed by atoms with van der Waals surface area (Å²) in [6.45, 7) is 2.34. The average Bonchev–Trinajstić information content (AvgIpc) is 2.66. The largest absolute Gasteiger partial charge is 0.486 e. The molecule has 25 heavy (non-hydrogen) atoms. The van der Waals surface area contributed by atoms with Crippen LogP contribution in [-0.4, -0.2) is 31.1 Å². The molecule has 1 aliphatic heterocycles. The molecule has 6 nitrogen and oxygen atoms in total. The van der Waals surface area contributed by atoms with Crippen LogP contribution in [-0.2, 0) is 9.59 Å². The van der Waals surface area contributed by atoms with Crippen molar-refractivity contribution in [3.63, 3.8) is 0 Å². The van der Waals surface area contributed by atoms with Crippen LogP contribution in [0.2, 0.25) is 0 Å². The Kier molecular flexibility index (Phi) is 5.18. The van der Waals surface area contributed by atoms with Gasteiger partial charge in [-0.2, -0.15) is 0 Å². The summed E-state index contributed by atoms with van der Waals surface area (Å²) in [5, 5.41) is 5.26. The fraction of sp³-hybridized carbons (Fsp3) is 0.263. The van der Waals surface area contributed by atoms with Gasteiger partial charge in [0.15, 0.2) is 11.5 Å². The standard InChI is InChI=1S/C19H20N2O4/c1-13(14-7-3-2-4-8-14)21-19(23)18(22)20-11-15-12-24-16-9-5-6-10-17(16)25-15/h2-10,13,15H,11-12H2,1H3,(H,20,22)(H,21,23)/t13-,15+/m0/s1. The molecule has 0 bridgehead atoms. The first kappa shape index (κ1) is 16.8. The molecular formula is C19H20N2O4. The molecule has 0 saturated carbocycles. The Hall–Kier alpha value is -3.02. The van der Waals surface area contributed by atoms with Gasteiger partial charge in [0, 0.05) is 0 Å². The minimum Gasteiger partial charge on any atom is -0.486 e. The Morgan fingerprint density at radius 1 is 1.04 bits per heavy atom. The molecule has 1 aliphatic rings. The third-order valence-electron chi connectivity index (χ3n) is 3.91. The van der Waals surface area contributed by atoms with Crippen molar-refractivity contribution in [3.05, 3.63) is 60.2 Å². The zero-order chi connectivity index (χ0) is 17.6. The van der Waals surface area contributed by atoms with Crippen molar-refractivity contribution in [2.45, 2.75) is 19.1 Å². The molecule has 0 aliphatic carbocycles. The number of rotatable bonds is 4. The molecule has 0 radical (unpaired) electrons. The van der Waals surface area contributed by atoms with Crippen molar-refractivity contribution in [2.24, 2.45) is 0 Å². The van der Waals surface area contributed by atoms with E-state index in [0.29, 0.717) is 18.1 Å². The minimum absolute atomic E-state index is 0.195. The zero-order valence-corrected chi connectivity index (χ0v) is 13.9. The van der Waals surface area contributed by atoms with E-state index in [0.717, 1.165) is 5.56 Å². The van der Waals surface area contributed by atoms with Crippen LogP contribution in [0.4, 0.5) is 0 Å². The maximum absolute atomic E-state index is 12.0. The number of carbonyl (C=O) groups excluding carboxylic acids is 2. The predicted molar refractivity (Wildman–Crippen MR) is 92.4 cm³/mol. The van der Waals surface area contributed by atoms with Gasteiger partial charge in [0.2, 0.25) is 0 Å². The Morgan fingerprint density at radius 3 is 2.48 bits per heavy atom. The van der Waals surface area contributed by atoms with E-state index in [1.807, 2.05) is 55.5 Å². The topological polar surface area (TPSA) is 76.7 Å². The second kappa shape index (κ2) is 7.70. The second-order valence-electron chi connectivity index (χ2n) is 5.81. The fourth-order valence-corrected chi connectivity index (χ4v) is 2.54. The molecule has 2 atom stereocenters. The molecule has 3 rings (SSSR count). The summed E-state index contributed by atoms with van der Waals surface area (Å²) in [4.78, 5) is 24.0. The summed E-state index contributed by atoms with van der Waals surface area (Å²) in [6, 6.07) is 16.5. The number of hydrogen-bond acceptors (Lipinski definition) is 4. The highest BCUT2D eigenvalue weighted by molar-refractivity contribution is 6.35. The molecule has 2 N–H and O–H groups in total. The second-order valence-corrected chi connectivity index (χ2v) is 5.81. The smallest absolute Gasteiger partial charge is 0.309 e. The molecule has 2 amide bonds. The SMILES string of the molecule is C[C@H](NC(=O)C(=O)NC[C@@H]1COc2ccccc2O1)c1ccccc1. The van der Waals surface area contributed by atoms with Gasteiger partial charge in [-0.3, -0.25) is 9.59 Å². The van der Waals surface area contributed by atoms with E-state index in [1.54, 1.807) is 6.07 Å². The van der Waals surface area contributed by atoms with E-state index in [4.69, 9.17) is 9.47 Å². The molecule has 1 heterocycles. The molecule has 0 aromatic heterocycles. The van der Waals surface area contributed by atoms with Gasteiger partial charge in [-0.15, -0.1) is 0 Å². The number of amides is 2. The van der Waals surface area contributed by atoms with Crippen molar-refractivity contribution in [2.75, 3.05) is 13.2 Å². The van der Waals surface area contributed by atoms with Gasteiger partial charge in [0.1, 0.15) is 12.7 Å². The van der Waals surface area contributed by atoms with E-state index in [9.17, 15) is 9.59 Å². The highest BCUT2D eigenvalue weighted by Gasteiger charge is 2.23. The van der Waals surface area contributed by atoms with E-state index < -0.39 is 11.8 Å². The maximum atomic E-state index is 12.0. The van der Waals surface area contributed by atoms with Crippen molar-refractivity contribution in [1.82, 2.24) is 10.6 Å². The first-order chi connectivity index (χ1) is 12.1. The number of benzene rings is 2. The fourth-order valence-electron chi connectivity index (χ4n) is 2.54. The number of nitrogens with one attached hydrogen (secondary N) is 2. The Labute approximate surface area is 146 Å². The number of hydrogen-bond donors (Lipinski definition) is 2. The highest BCUT2D eigenvalue weighted by atomic mass is 16.6. The third-order valence-corrected chi connectivity index (χ3v) is 3.91. The Morgan fingerprint density at radius 2 is 1.72 bits per heavy atom. The van der Waals surface area contributed by atoms with Crippen molar-refractivity contribution in [3.8, 4) is 11.5 Å². The van der Waals surface area contributed by atoms with Gasteiger partial charge in [-0.05, 0) is 24.6 Å². The molecule has 6 heteroatoms. The van der Waals surface area contributed by atoms with Crippen LogP contribution in [0.25, 0.3) is 0 Å². The van der Waals surface area contributed by atoms with Gasteiger partial charge in [-0.25, -0.2) is 0 Å². The van der Waals surface area contributed by atoms with Gasteiger partial charge < -0.3 is 20.1 Å². The summed E-state index contributed by atoms with van der Waals surface area (Å²) < 4.78 is 11.3. The Bertz CT molecular complexity index is 748. The number of para-hydroxylation sites is 2. The molecule has 0 saturated heterocycles. The number of carbonyl (C=O) groups is 2. The van der Waals surface area contributed by atoms with Crippen LogP contribution < -0.4 is 20.1 Å². The molecular weight excluding hydrogens is 320 g/mol. The van der Waals surface area contributed by atoms with Crippen LogP contribution >= 0.6 is 0 Å². The summed E-state index contributed by atoms with van der Waals surface area (Å²) in [5.41, 5.74) is 0.935. The zero-order valence-electron chi connectivity index (χ0n) is 13.9. The number of fused-ring (bicyclic) bond motifs is 1. The lowest BCUT2D eigenvalue weighted by molar-refractivity contribution is -0.139. The lowest BCUT2D eigenvalue weighted by Gasteiger charge is -2.26. The quantitative estimate of drug-likeness (QED) is 0.833. The van der Waals surface area contributed by atoms with E-state index in [-0.39, 0.29) is 18.7 Å². The van der Waals surface area contributed by atoms with Crippen LogP contribution in [0.1, 0.15) is 18.5 Å². The predicted octanol–water partition coefficient (Wildman–Crippen LogP) is 1.82. The first-order valence-corrected chi connectivity index (χ1v) is 8.15. The van der Waals surface area contributed by atoms with E-state index in [1.165, 1.54) is 0 Å². The Balaban J connectivity index is 1.47. The molecule has 0 spiro atoms. The van der Waals surface area contributed by atoms with Crippen molar-refractivity contribution >= 4 is 11.8 Å². The molecule has 130 valence electrons. The lowest BCUT2D eigenvalue weighted by Crippen LogP contribution is -2.46. The number of ether oxygens (including phenoxy) is 2. The summed E-state index contributed by atoms with van der Waals surface area (Å²) in [6.07, 6.45) is -0.335. The molecule has 2 aromatic carbocycles. The van der Waals surface area contributed by atoms with Crippen molar-refractivity contribution < 1.29 is 19.1 Å². The van der Waals surface area contributed by atoms with Crippen LogP contribution in [0.5, 0.6) is 11.5 Å². The van der Waals surface area contributed by atoms with Gasteiger partial charge >= 0.3 is 11.8 Å². The summed E-state index contributed by atoms with van der Waals surface area (Å²) in [5.74, 6) is -0.0478. The van der Waals surface area contributed by atoms with Gasteiger partial charge in [0.25, 0.3) is 0 Å². The molecule has 0 fully saturated rings. The molecule has 2 aromatic rings. The normalized spacial score (nSPS) is 16.6. The minimum atomic E-state index is -0.690. The van der Waals surface area contributed by atoms with Gasteiger partial charge in [-0.1, -0.05) is 42.5 Å². The summed E-state index contributed by atoms with van der Waals surface area (Å²) >= 11 is 0. The van der Waals surface area contributed by atoms with Crippen LogP contribution in [0.3, 0.4) is 0 Å². The maximum Gasteiger partial charge on any atom is 0.309 e. The van der Waals surface area contributed by atoms with Crippen LogP contribution in [0.15, 0.2) is 54.6 Å². The lowest BCUT2D eigenvalue weighted by atomic mass is 10.1. The van der Waals surface area contributed by atoms with Gasteiger partial charge in [0.05, 0.1) is 12.6 Å². The van der Waals surface area contributed by atoms with Crippen molar-refractivity contribution in [1.29, 1.82) is 0 Å². The van der Waals surface area contributed by atoms with E-state index >= 15 is 0 Å². The third kappa shape index (κ3) is 4.29. The van der Waals surface area contributed by atoms with Crippen LogP contribution in [0, 0.1) is 0 Å². The average molecular weight is 340 g/mol. The molecule has 0 unspecified atom stereocenters. The summed E-state index contributed by atoms with van der Waals surface area (Å²) in [7, 11) is 0.